The van der Waals surface area contributed by atoms with Crippen LogP contribution in [0.4, 0.5) is 26.7 Å². The Bertz CT molecular complexity index is 1600. The van der Waals surface area contributed by atoms with Crippen LogP contribution in [-0.2, 0) is 11.4 Å². The summed E-state index contributed by atoms with van der Waals surface area (Å²) in [6.45, 7) is 1.70. The van der Waals surface area contributed by atoms with Crippen LogP contribution in [0.2, 0.25) is 10.0 Å². The number of benzene rings is 3. The Morgan fingerprint density at radius 2 is 1.61 bits per heavy atom. The number of amides is 4. The van der Waals surface area contributed by atoms with Crippen LogP contribution in [0.5, 0.6) is 5.75 Å². The molecule has 0 unspecified atom stereocenters. The van der Waals surface area contributed by atoms with E-state index in [9.17, 15) is 14.4 Å². The minimum absolute atomic E-state index is 0.0833. The Morgan fingerprint density at radius 3 is 2.37 bits per heavy atom. The molecule has 3 aromatic carbocycles. The zero-order valence-corrected chi connectivity index (χ0v) is 23.8. The number of rotatable bonds is 10. The minimum atomic E-state index is -0.572. The van der Waals surface area contributed by atoms with Gasteiger partial charge in [-0.05, 0) is 49.4 Å². The van der Waals surface area contributed by atoms with Crippen molar-refractivity contribution in [2.45, 2.75) is 13.5 Å². The molecule has 0 radical (unpaired) electrons. The molecule has 0 bridgehead atoms. The normalized spacial score (nSPS) is 10.5. The molecule has 4 aromatic rings. The summed E-state index contributed by atoms with van der Waals surface area (Å²) >= 11 is 13.0. The summed E-state index contributed by atoms with van der Waals surface area (Å²) in [4.78, 5) is 40.8. The Balaban J connectivity index is 1.30. The van der Waals surface area contributed by atoms with Crippen LogP contribution in [0.3, 0.4) is 0 Å². The van der Waals surface area contributed by atoms with Gasteiger partial charge in [0.15, 0.2) is 5.78 Å². The number of fused-ring (bicyclic) bond motifs is 1. The maximum absolute atomic E-state index is 12.4. The summed E-state index contributed by atoms with van der Waals surface area (Å²) in [5, 5.41) is 14.9. The highest BCUT2D eigenvalue weighted by Crippen LogP contribution is 2.33. The second-order valence-corrected chi connectivity index (χ2v) is 9.73. The highest BCUT2D eigenvalue weighted by molar-refractivity contribution is 6.37. The first-order valence-electron chi connectivity index (χ1n) is 12.6. The highest BCUT2D eigenvalue weighted by atomic mass is 35.5. The van der Waals surface area contributed by atoms with E-state index >= 15 is 0 Å². The number of ether oxygens (including phenoxy) is 1. The van der Waals surface area contributed by atoms with E-state index in [-0.39, 0.29) is 31.5 Å². The third kappa shape index (κ3) is 8.00. The topological polar surface area (TPSA) is 133 Å². The summed E-state index contributed by atoms with van der Waals surface area (Å²) in [7, 11) is 1.50. The standard InChI is InChI=1S/C29H28Cl2N6O4/c1-17-9-10-18-5-3-8-25(27(18)35-17)41-16-22-23(30)11-12-24(26(22)31)33-14-21(38)15-34-29(40)37-20-7-4-6-19(13-20)36-28(39)32-2/h3-13,33H,14-16H2,1-2H3,(H2,32,36,39)(H2,34,37,40). The molecule has 0 fully saturated rings. The van der Waals surface area contributed by atoms with Crippen LogP contribution in [0.15, 0.2) is 66.7 Å². The molecule has 4 amide bonds. The van der Waals surface area contributed by atoms with Crippen molar-refractivity contribution in [2.24, 2.45) is 0 Å². The Kier molecular flexibility index (Phi) is 9.83. The summed E-state index contributed by atoms with van der Waals surface area (Å²) in [6.07, 6.45) is 0. The fourth-order valence-corrected chi connectivity index (χ4v) is 4.38. The first kappa shape index (κ1) is 29.4. The van der Waals surface area contributed by atoms with Crippen molar-refractivity contribution in [3.05, 3.63) is 88.0 Å². The fourth-order valence-electron chi connectivity index (χ4n) is 3.83. The summed E-state index contributed by atoms with van der Waals surface area (Å²) in [6, 6.07) is 18.6. The number of halogens is 2. The lowest BCUT2D eigenvalue weighted by atomic mass is 10.2. The van der Waals surface area contributed by atoms with Gasteiger partial charge in [-0.1, -0.05) is 47.5 Å². The van der Waals surface area contributed by atoms with Crippen LogP contribution in [0.25, 0.3) is 10.9 Å². The lowest BCUT2D eigenvalue weighted by molar-refractivity contribution is -0.116. The molecule has 0 aliphatic carbocycles. The average molecular weight is 595 g/mol. The number of aromatic nitrogens is 1. The number of carbonyl (C=O) groups is 3. The van der Waals surface area contributed by atoms with Crippen molar-refractivity contribution in [3.63, 3.8) is 0 Å². The van der Waals surface area contributed by atoms with Crippen molar-refractivity contribution < 1.29 is 19.1 Å². The lowest BCUT2D eigenvalue weighted by Crippen LogP contribution is -2.35. The van der Waals surface area contributed by atoms with Crippen LogP contribution >= 0.6 is 23.2 Å². The molecule has 0 saturated heterocycles. The molecule has 1 aromatic heterocycles. The zero-order chi connectivity index (χ0) is 29.4. The molecule has 0 spiro atoms. The third-order valence-corrected chi connectivity index (χ3v) is 6.69. The molecule has 0 atom stereocenters. The molecule has 4 rings (SSSR count). The number of pyridine rings is 1. The van der Waals surface area contributed by atoms with Crippen molar-refractivity contribution in [1.82, 2.24) is 15.6 Å². The minimum Gasteiger partial charge on any atom is -0.487 e. The highest BCUT2D eigenvalue weighted by Gasteiger charge is 2.14. The van der Waals surface area contributed by atoms with Gasteiger partial charge >= 0.3 is 12.1 Å². The van der Waals surface area contributed by atoms with Crippen molar-refractivity contribution in [2.75, 3.05) is 36.1 Å². The SMILES string of the molecule is CNC(=O)Nc1cccc(NC(=O)NCC(=O)CNc2ccc(Cl)c(COc3cccc4ccc(C)nc34)c2Cl)c1. The number of Topliss-reactive ketones (excluding diaryl/α,β-unsaturated/α-hetero) is 1. The predicted octanol–water partition coefficient (Wildman–Crippen LogP) is 5.98. The van der Waals surface area contributed by atoms with Gasteiger partial charge in [-0.15, -0.1) is 0 Å². The smallest absolute Gasteiger partial charge is 0.319 e. The molecule has 0 aliphatic rings. The van der Waals surface area contributed by atoms with E-state index in [4.69, 9.17) is 27.9 Å². The Hall–Kier alpha value is -4.54. The lowest BCUT2D eigenvalue weighted by Gasteiger charge is -2.15. The number of aryl methyl sites for hydroxylation is 1. The average Bonchev–Trinajstić information content (AvgIpc) is 2.95. The number of urea groups is 2. The van der Waals surface area contributed by atoms with Gasteiger partial charge in [0.05, 0.1) is 23.8 Å². The molecule has 0 saturated carbocycles. The maximum atomic E-state index is 12.4. The molecule has 1 heterocycles. The van der Waals surface area contributed by atoms with Gasteiger partial charge < -0.3 is 31.3 Å². The Labute approximate surface area is 246 Å². The molecule has 10 nitrogen and oxygen atoms in total. The maximum Gasteiger partial charge on any atom is 0.319 e. The van der Waals surface area contributed by atoms with Gasteiger partial charge in [-0.3, -0.25) is 4.79 Å². The van der Waals surface area contributed by atoms with E-state index in [1.807, 2.05) is 37.3 Å². The molecule has 0 aliphatic heterocycles. The van der Waals surface area contributed by atoms with E-state index in [1.165, 1.54) is 7.05 Å². The van der Waals surface area contributed by atoms with Crippen molar-refractivity contribution >= 4 is 69.0 Å². The number of hydrogen-bond acceptors (Lipinski definition) is 6. The van der Waals surface area contributed by atoms with Crippen LogP contribution < -0.4 is 31.3 Å². The monoisotopic (exact) mass is 594 g/mol. The van der Waals surface area contributed by atoms with E-state index in [0.717, 1.165) is 16.6 Å². The largest absolute Gasteiger partial charge is 0.487 e. The fraction of sp³-hybridized carbons (Fsp3) is 0.172. The van der Waals surface area contributed by atoms with Crippen molar-refractivity contribution in [1.29, 1.82) is 0 Å². The van der Waals surface area contributed by atoms with Crippen LogP contribution in [0.1, 0.15) is 11.3 Å². The number of hydrogen-bond donors (Lipinski definition) is 5. The third-order valence-electron chi connectivity index (χ3n) is 5.91. The van der Waals surface area contributed by atoms with Gasteiger partial charge in [-0.2, -0.15) is 0 Å². The van der Waals surface area contributed by atoms with Crippen LogP contribution in [0, 0.1) is 6.92 Å². The van der Waals surface area contributed by atoms with Gasteiger partial charge in [0, 0.05) is 40.1 Å². The van der Waals surface area contributed by atoms with E-state index in [1.54, 1.807) is 36.4 Å². The number of ketones is 1. The number of nitrogens with one attached hydrogen (secondary N) is 5. The first-order valence-corrected chi connectivity index (χ1v) is 13.3. The second-order valence-electron chi connectivity index (χ2n) is 8.94. The molecule has 12 heteroatoms. The molecular weight excluding hydrogens is 567 g/mol. The molecule has 41 heavy (non-hydrogen) atoms. The van der Waals surface area contributed by atoms with Gasteiger partial charge in [0.2, 0.25) is 0 Å². The molecule has 212 valence electrons. The van der Waals surface area contributed by atoms with E-state index in [0.29, 0.717) is 38.4 Å². The van der Waals surface area contributed by atoms with Crippen LogP contribution in [-0.4, -0.2) is 43.0 Å². The van der Waals surface area contributed by atoms with Crippen molar-refractivity contribution in [3.8, 4) is 5.75 Å². The molecule has 5 N–H and O–H groups in total. The number of para-hydroxylation sites is 1. The van der Waals surface area contributed by atoms with Gasteiger partial charge in [0.1, 0.15) is 17.9 Å². The second kappa shape index (κ2) is 13.7. The first-order chi connectivity index (χ1) is 19.7. The van der Waals surface area contributed by atoms with E-state index in [2.05, 4.69) is 31.6 Å². The predicted molar refractivity (Wildman–Crippen MR) is 162 cm³/mol. The van der Waals surface area contributed by atoms with E-state index < -0.39 is 6.03 Å². The quantitative estimate of drug-likeness (QED) is 0.153. The number of anilines is 3. The number of carbonyl (C=O) groups excluding carboxylic acids is 3. The number of nitrogens with zero attached hydrogens (tertiary/aromatic N) is 1. The van der Waals surface area contributed by atoms with Gasteiger partial charge in [0.25, 0.3) is 0 Å². The summed E-state index contributed by atoms with van der Waals surface area (Å²) < 4.78 is 6.04. The van der Waals surface area contributed by atoms with Gasteiger partial charge in [-0.25, -0.2) is 14.6 Å². The Morgan fingerprint density at radius 1 is 0.878 bits per heavy atom. The summed E-state index contributed by atoms with van der Waals surface area (Å²) in [5.41, 5.74) is 3.61. The zero-order valence-electron chi connectivity index (χ0n) is 22.3. The summed E-state index contributed by atoms with van der Waals surface area (Å²) in [5.74, 6) is 0.321. The molecular formula is C29H28Cl2N6O4.